The first-order valence-corrected chi connectivity index (χ1v) is 5.84. The van der Waals surface area contributed by atoms with Crippen LogP contribution in [-0.2, 0) is 6.54 Å². The minimum absolute atomic E-state index is 0.136. The molecular weight excluding hydrogens is 248 g/mol. The highest BCUT2D eigenvalue weighted by molar-refractivity contribution is 5.46. The lowest BCUT2D eigenvalue weighted by Crippen LogP contribution is -2.02. The Bertz CT molecular complexity index is 689. The van der Waals surface area contributed by atoms with Gasteiger partial charge in [-0.3, -0.25) is 0 Å². The summed E-state index contributed by atoms with van der Waals surface area (Å²) in [5.41, 5.74) is 1.71. The molecule has 0 saturated heterocycles. The van der Waals surface area contributed by atoms with Gasteiger partial charge in [-0.25, -0.2) is 13.8 Å². The van der Waals surface area contributed by atoms with Crippen LogP contribution in [0.25, 0.3) is 5.65 Å². The zero-order valence-corrected chi connectivity index (χ0v) is 9.98. The maximum atomic E-state index is 13.4. The largest absolute Gasteiger partial charge is 0.377 e. The molecule has 5 heteroatoms. The number of anilines is 1. The highest BCUT2D eigenvalue weighted by Gasteiger charge is 2.05. The van der Waals surface area contributed by atoms with E-state index < -0.39 is 11.6 Å². The van der Waals surface area contributed by atoms with Gasteiger partial charge in [-0.15, -0.1) is 0 Å². The van der Waals surface area contributed by atoms with Crippen LogP contribution in [0.4, 0.5) is 14.5 Å². The molecule has 3 aromatic rings. The predicted octanol–water partition coefficient (Wildman–Crippen LogP) is 3.22. The Morgan fingerprint density at radius 2 is 2.05 bits per heavy atom. The maximum Gasteiger partial charge on any atom is 0.146 e. The fraction of sp³-hybridized carbons (Fsp3) is 0.0714. The summed E-state index contributed by atoms with van der Waals surface area (Å²) < 4.78 is 28.3. The molecule has 0 amide bonds. The van der Waals surface area contributed by atoms with Crippen LogP contribution in [0.2, 0.25) is 0 Å². The van der Waals surface area contributed by atoms with Crippen LogP contribution in [-0.4, -0.2) is 9.38 Å². The third kappa shape index (κ3) is 2.40. The number of hydrogen-bond acceptors (Lipinski definition) is 2. The summed E-state index contributed by atoms with van der Waals surface area (Å²) in [5, 5.41) is 2.84. The van der Waals surface area contributed by atoms with E-state index >= 15 is 0 Å². The normalized spacial score (nSPS) is 10.8. The average molecular weight is 259 g/mol. The second-order valence-electron chi connectivity index (χ2n) is 4.18. The van der Waals surface area contributed by atoms with Crippen molar-refractivity contribution in [2.75, 3.05) is 5.32 Å². The Balaban J connectivity index is 1.80. The molecule has 0 radical (unpaired) electrons. The van der Waals surface area contributed by atoms with E-state index in [0.717, 1.165) is 29.5 Å². The Morgan fingerprint density at radius 1 is 1.16 bits per heavy atom. The molecule has 0 spiro atoms. The van der Waals surface area contributed by atoms with Crippen molar-refractivity contribution in [3.8, 4) is 0 Å². The summed E-state index contributed by atoms with van der Waals surface area (Å²) in [6.07, 6.45) is 3.73. The molecule has 3 rings (SSSR count). The van der Waals surface area contributed by atoms with Crippen LogP contribution < -0.4 is 5.32 Å². The molecule has 96 valence electrons. The summed E-state index contributed by atoms with van der Waals surface area (Å²) in [5.74, 6) is -0.955. The van der Waals surface area contributed by atoms with Gasteiger partial charge in [0.1, 0.15) is 17.3 Å². The molecule has 19 heavy (non-hydrogen) atoms. The lowest BCUT2D eigenvalue weighted by molar-refractivity contribution is 0.602. The number of pyridine rings is 1. The van der Waals surface area contributed by atoms with Gasteiger partial charge >= 0.3 is 0 Å². The van der Waals surface area contributed by atoms with E-state index in [1.54, 1.807) is 0 Å². The number of nitrogens with one attached hydrogen (secondary N) is 1. The van der Waals surface area contributed by atoms with Crippen molar-refractivity contribution in [3.05, 3.63) is 66.1 Å². The Hall–Kier alpha value is -2.43. The summed E-state index contributed by atoms with van der Waals surface area (Å²) >= 11 is 0. The Kier molecular flexibility index (Phi) is 2.87. The van der Waals surface area contributed by atoms with Crippen molar-refractivity contribution >= 4 is 11.3 Å². The van der Waals surface area contributed by atoms with E-state index in [-0.39, 0.29) is 5.69 Å². The summed E-state index contributed by atoms with van der Waals surface area (Å²) in [6.45, 7) is 0.335. The quantitative estimate of drug-likeness (QED) is 0.782. The predicted molar refractivity (Wildman–Crippen MR) is 68.9 cm³/mol. The van der Waals surface area contributed by atoms with Gasteiger partial charge in [0, 0.05) is 12.4 Å². The van der Waals surface area contributed by atoms with Crippen molar-refractivity contribution in [2.45, 2.75) is 6.54 Å². The minimum Gasteiger partial charge on any atom is -0.377 e. The number of hydrogen-bond donors (Lipinski definition) is 1. The molecule has 2 heterocycles. The average Bonchev–Trinajstić information content (AvgIpc) is 2.82. The molecule has 0 saturated carbocycles. The van der Waals surface area contributed by atoms with Crippen molar-refractivity contribution in [1.29, 1.82) is 0 Å². The molecule has 1 aromatic carbocycles. The van der Waals surface area contributed by atoms with Crippen molar-refractivity contribution in [1.82, 2.24) is 9.38 Å². The van der Waals surface area contributed by atoms with Gasteiger partial charge in [0.25, 0.3) is 0 Å². The number of benzene rings is 1. The van der Waals surface area contributed by atoms with Gasteiger partial charge in [-0.05, 0) is 30.3 Å². The van der Waals surface area contributed by atoms with Crippen LogP contribution in [0.5, 0.6) is 0 Å². The maximum absolute atomic E-state index is 13.4. The fourth-order valence-electron chi connectivity index (χ4n) is 1.89. The topological polar surface area (TPSA) is 29.3 Å². The van der Waals surface area contributed by atoms with Crippen LogP contribution in [0.1, 0.15) is 5.69 Å². The second-order valence-corrected chi connectivity index (χ2v) is 4.18. The van der Waals surface area contributed by atoms with E-state index in [4.69, 9.17) is 0 Å². The van der Waals surface area contributed by atoms with E-state index in [1.807, 2.05) is 35.0 Å². The lowest BCUT2D eigenvalue weighted by atomic mass is 10.3. The fourth-order valence-corrected chi connectivity index (χ4v) is 1.89. The third-order valence-corrected chi connectivity index (χ3v) is 2.80. The molecule has 0 aliphatic heterocycles. The zero-order chi connectivity index (χ0) is 13.2. The summed E-state index contributed by atoms with van der Waals surface area (Å²) in [4.78, 5) is 4.36. The molecule has 0 unspecified atom stereocenters. The number of halogens is 2. The SMILES string of the molecule is Fc1ccc(F)c(NCc2cn3ccccc3n2)c1. The van der Waals surface area contributed by atoms with Gasteiger partial charge in [0.05, 0.1) is 17.9 Å². The number of rotatable bonds is 3. The second kappa shape index (κ2) is 4.68. The molecule has 3 nitrogen and oxygen atoms in total. The number of imidazole rings is 1. The van der Waals surface area contributed by atoms with Gasteiger partial charge in [0.15, 0.2) is 0 Å². The summed E-state index contributed by atoms with van der Waals surface area (Å²) in [6, 6.07) is 8.99. The highest BCUT2D eigenvalue weighted by Crippen LogP contribution is 2.16. The van der Waals surface area contributed by atoms with E-state index in [0.29, 0.717) is 6.54 Å². The zero-order valence-electron chi connectivity index (χ0n) is 9.98. The molecular formula is C14H11F2N3. The number of aromatic nitrogens is 2. The molecule has 0 fully saturated rings. The first-order valence-electron chi connectivity index (χ1n) is 5.84. The Morgan fingerprint density at radius 3 is 2.89 bits per heavy atom. The molecule has 0 atom stereocenters. The molecule has 0 bridgehead atoms. The first kappa shape index (κ1) is 11.6. The van der Waals surface area contributed by atoms with E-state index in [9.17, 15) is 8.78 Å². The monoisotopic (exact) mass is 259 g/mol. The van der Waals surface area contributed by atoms with Crippen LogP contribution in [0.15, 0.2) is 48.8 Å². The van der Waals surface area contributed by atoms with Gasteiger partial charge in [-0.1, -0.05) is 6.07 Å². The van der Waals surface area contributed by atoms with Crippen LogP contribution >= 0.6 is 0 Å². The lowest BCUT2D eigenvalue weighted by Gasteiger charge is -2.05. The number of fused-ring (bicyclic) bond motifs is 1. The summed E-state index contributed by atoms with van der Waals surface area (Å²) in [7, 11) is 0. The number of nitrogens with zero attached hydrogens (tertiary/aromatic N) is 2. The minimum atomic E-state index is -0.481. The van der Waals surface area contributed by atoms with E-state index in [2.05, 4.69) is 10.3 Å². The van der Waals surface area contributed by atoms with Crippen molar-refractivity contribution in [2.24, 2.45) is 0 Å². The van der Waals surface area contributed by atoms with Crippen LogP contribution in [0, 0.1) is 11.6 Å². The smallest absolute Gasteiger partial charge is 0.146 e. The van der Waals surface area contributed by atoms with Gasteiger partial charge in [0.2, 0.25) is 0 Å². The molecule has 0 aliphatic rings. The Labute approximate surface area is 108 Å². The van der Waals surface area contributed by atoms with Crippen molar-refractivity contribution in [3.63, 3.8) is 0 Å². The standard InChI is InChI=1S/C14H11F2N3/c15-10-4-5-12(16)13(7-10)17-8-11-9-19-6-2-1-3-14(19)18-11/h1-7,9,17H,8H2. The van der Waals surface area contributed by atoms with Gasteiger partial charge in [-0.2, -0.15) is 0 Å². The van der Waals surface area contributed by atoms with E-state index in [1.165, 1.54) is 0 Å². The van der Waals surface area contributed by atoms with Crippen LogP contribution in [0.3, 0.4) is 0 Å². The van der Waals surface area contributed by atoms with Gasteiger partial charge < -0.3 is 9.72 Å². The molecule has 1 N–H and O–H groups in total. The molecule has 0 aliphatic carbocycles. The highest BCUT2D eigenvalue weighted by atomic mass is 19.1. The molecule has 2 aromatic heterocycles. The first-order chi connectivity index (χ1) is 9.22. The van der Waals surface area contributed by atoms with Crippen molar-refractivity contribution < 1.29 is 8.78 Å². The third-order valence-electron chi connectivity index (χ3n) is 2.80.